The third-order valence-electron chi connectivity index (χ3n) is 0.214. The first-order chi connectivity index (χ1) is 2.77. The molecule has 0 rings (SSSR count). The van der Waals surface area contributed by atoms with E-state index in [9.17, 15) is 9.59 Å². The van der Waals surface area contributed by atoms with Crippen molar-refractivity contribution in [2.75, 3.05) is 0 Å². The van der Waals surface area contributed by atoms with Crippen molar-refractivity contribution in [1.82, 2.24) is 0 Å². The van der Waals surface area contributed by atoms with Crippen LogP contribution >= 0.6 is 0 Å². The van der Waals surface area contributed by atoms with Gasteiger partial charge in [-0.15, -0.1) is 0 Å². The van der Waals surface area contributed by atoms with Gasteiger partial charge in [0, 0.05) is 6.92 Å². The van der Waals surface area contributed by atoms with Gasteiger partial charge in [-0.1, -0.05) is 0 Å². The Labute approximate surface area is 104 Å². The predicted molar refractivity (Wildman–Crippen MR) is 26.9 cm³/mol. The largest absolute Gasteiger partial charge is 2.00 e. The van der Waals surface area contributed by atoms with Crippen LogP contribution in [0.15, 0.2) is 0 Å². The van der Waals surface area contributed by atoms with Gasteiger partial charge in [0.25, 0.3) is 0 Å². The molecule has 0 atom stereocenters. The van der Waals surface area contributed by atoms with Gasteiger partial charge in [-0.05, 0) is 0 Å². The van der Waals surface area contributed by atoms with Gasteiger partial charge in [0.15, 0.2) is 0 Å². The number of rotatable bonds is 1. The minimum atomic E-state index is -0.579. The van der Waals surface area contributed by atoms with E-state index in [1.165, 1.54) is 0 Å². The van der Waals surface area contributed by atoms with Crippen LogP contribution in [-0.2, 0) is 14.3 Å². The first kappa shape index (κ1) is 16.2. The van der Waals surface area contributed by atoms with Crippen molar-refractivity contribution in [2.45, 2.75) is 6.92 Å². The summed E-state index contributed by atoms with van der Waals surface area (Å²) in [6.07, 6.45) is 0. The number of carbonyl (C=O) groups is 2. The molecule has 0 aliphatic rings. The second-order valence-corrected chi connectivity index (χ2v) is 0.706. The maximum atomic E-state index is 9.59. The summed E-state index contributed by atoms with van der Waals surface area (Å²) in [4.78, 5) is 18.8. The zero-order valence-corrected chi connectivity index (χ0v) is 9.22. The monoisotopic (exact) mass is 154 g/mol. The maximum absolute atomic E-state index is 9.59. The van der Waals surface area contributed by atoms with E-state index < -0.39 is 5.97 Å². The Balaban J connectivity index is -0.0000000125. The predicted octanol–water partition coefficient (Wildman–Crippen LogP) is -3.33. The summed E-state index contributed by atoms with van der Waals surface area (Å²) in [7, 11) is 0. The van der Waals surface area contributed by atoms with Gasteiger partial charge < -0.3 is 9.02 Å². The number of hydrogen-bond donors (Lipinski definition) is 0. The number of hydrogen-bond acceptors (Lipinski definition) is 3. The van der Waals surface area contributed by atoms with Crippen LogP contribution < -0.4 is 29.6 Å². The van der Waals surface area contributed by atoms with Gasteiger partial charge in [-0.2, -0.15) is 0 Å². The summed E-state index contributed by atoms with van der Waals surface area (Å²) in [5.41, 5.74) is 0. The Kier molecular flexibility index (Phi) is 22.7. The molecule has 0 amide bonds. The Hall–Kier alpha value is 1.40. The van der Waals surface area contributed by atoms with Crippen molar-refractivity contribution in [1.29, 1.82) is 0 Å². The summed E-state index contributed by atoms with van der Waals surface area (Å²) in [5, 5.41) is 0. The summed E-state index contributed by atoms with van der Waals surface area (Å²) >= 11 is 0. The van der Waals surface area contributed by atoms with Gasteiger partial charge in [-0.25, -0.2) is 0 Å². The smallest absolute Gasteiger partial charge is 1.00 e. The van der Waals surface area contributed by atoms with E-state index >= 15 is 0 Å². The first-order valence-corrected chi connectivity index (χ1v) is 1.38. The molecule has 5 heteroatoms. The van der Waals surface area contributed by atoms with Crippen LogP contribution in [0.1, 0.15) is 11.2 Å². The molecule has 0 bridgehead atoms. The molecule has 0 saturated heterocycles. The van der Waals surface area contributed by atoms with E-state index in [0.29, 0.717) is 0 Å². The van der Waals surface area contributed by atoms with Crippen molar-refractivity contribution >= 4 is 50.2 Å². The molecule has 0 unspecified atom stereocenters. The molecular weight excluding hydrogens is 147 g/mol. The summed E-state index contributed by atoms with van der Waals surface area (Å²) in [6.45, 7) is 1.26. The van der Waals surface area contributed by atoms with Crippen molar-refractivity contribution in [2.24, 2.45) is 0 Å². The molecule has 3 nitrogen and oxygen atoms in total. The average Bonchev–Trinajstić information content (AvgIpc) is 1.35. The van der Waals surface area contributed by atoms with Crippen LogP contribution in [0.25, 0.3) is 0 Å². The molecule has 8 heavy (non-hydrogen) atoms. The fourth-order valence-electron chi connectivity index (χ4n) is 0.0678. The van der Waals surface area contributed by atoms with Gasteiger partial charge in [0.2, 0.25) is 0 Å². The quantitative estimate of drug-likeness (QED) is 0.172. The fourth-order valence-corrected chi connectivity index (χ4v) is 0.0678. The van der Waals surface area contributed by atoms with Crippen LogP contribution in [-0.4, -0.2) is 50.2 Å². The number of carbonyl (C=O) groups excluding carboxylic acids is 2. The van der Waals surface area contributed by atoms with Crippen molar-refractivity contribution in [3.8, 4) is 0 Å². The van der Waals surface area contributed by atoms with E-state index in [4.69, 9.17) is 0 Å². The zero-order chi connectivity index (χ0) is 4.99. The molecule has 0 heterocycles. The molecule has 0 aromatic carbocycles. The average molecular weight is 154 g/mol. The zero-order valence-electron chi connectivity index (χ0n) is 8.01. The fraction of sp³-hybridized carbons (Fsp3) is 0.333. The SMILES string of the molecule is CC(=O)OC=O.[Ca+2].[H-].[H-].[H-].[Na+]. The second-order valence-electron chi connectivity index (χ2n) is 0.706. The molecule has 0 aliphatic carbocycles. The topological polar surface area (TPSA) is 43.4 Å². The minimum absolute atomic E-state index is 0. The van der Waals surface area contributed by atoms with Crippen LogP contribution in [0.3, 0.4) is 0 Å². The molecule has 0 aliphatic heterocycles. The van der Waals surface area contributed by atoms with Crippen LogP contribution in [0, 0.1) is 0 Å². The Morgan fingerprint density at radius 3 is 2.12 bits per heavy atom. The molecule has 40 valence electrons. The van der Waals surface area contributed by atoms with Gasteiger partial charge >= 0.3 is 79.7 Å². The van der Waals surface area contributed by atoms with Gasteiger partial charge in [0.1, 0.15) is 0 Å². The standard InChI is InChI=1S/C3H4O3.Ca.Na.3H/c1-3(5)6-2-4;;;;;/h2H,1H3;;;;;/q;+2;+1;3*-1. The number of ether oxygens (including phenoxy) is 1. The minimum Gasteiger partial charge on any atom is -1.00 e. The van der Waals surface area contributed by atoms with E-state index in [0.717, 1.165) is 6.92 Å². The normalized spacial score (nSPS) is 5.12. The maximum Gasteiger partial charge on any atom is 2.00 e. The van der Waals surface area contributed by atoms with Crippen LogP contribution in [0.5, 0.6) is 0 Å². The molecule has 0 radical (unpaired) electrons. The van der Waals surface area contributed by atoms with Gasteiger partial charge in [0.05, 0.1) is 0 Å². The molecule has 0 saturated carbocycles. The molecule has 0 fully saturated rings. The molecular formula is C3H7CaNaO3. The van der Waals surface area contributed by atoms with Gasteiger partial charge in [-0.3, -0.25) is 9.59 Å². The van der Waals surface area contributed by atoms with Crippen LogP contribution in [0.2, 0.25) is 0 Å². The van der Waals surface area contributed by atoms with Crippen molar-refractivity contribution in [3.05, 3.63) is 0 Å². The first-order valence-electron chi connectivity index (χ1n) is 1.38. The third-order valence-corrected chi connectivity index (χ3v) is 0.214. The molecule has 0 aromatic heterocycles. The third kappa shape index (κ3) is 15.7. The summed E-state index contributed by atoms with van der Waals surface area (Å²) < 4.78 is 3.72. The summed E-state index contributed by atoms with van der Waals surface area (Å²) in [5.74, 6) is -0.579. The second kappa shape index (κ2) is 11.2. The summed E-state index contributed by atoms with van der Waals surface area (Å²) in [6, 6.07) is 0. The van der Waals surface area contributed by atoms with Crippen LogP contribution in [0.4, 0.5) is 0 Å². The Bertz CT molecular complexity index is 84.2. The van der Waals surface area contributed by atoms with E-state index in [-0.39, 0.29) is 78.0 Å². The number of esters is 1. The van der Waals surface area contributed by atoms with E-state index in [2.05, 4.69) is 4.74 Å². The molecule has 0 N–H and O–H groups in total. The Morgan fingerprint density at radius 1 is 1.75 bits per heavy atom. The Morgan fingerprint density at radius 2 is 2.12 bits per heavy atom. The molecule has 0 spiro atoms. The van der Waals surface area contributed by atoms with Crippen molar-refractivity contribution in [3.63, 3.8) is 0 Å². The van der Waals surface area contributed by atoms with Crippen molar-refractivity contribution < 1.29 is 48.2 Å². The van der Waals surface area contributed by atoms with E-state index in [1.54, 1.807) is 0 Å². The van der Waals surface area contributed by atoms with E-state index in [1.807, 2.05) is 0 Å². The molecule has 0 aromatic rings.